The summed E-state index contributed by atoms with van der Waals surface area (Å²) in [6.07, 6.45) is 0.854. The molecule has 0 atom stereocenters. The van der Waals surface area contributed by atoms with Crippen LogP contribution < -0.4 is 10.6 Å². The molecule has 0 unspecified atom stereocenters. The van der Waals surface area contributed by atoms with Crippen LogP contribution in [0, 0.1) is 11.7 Å². The lowest BCUT2D eigenvalue weighted by atomic mass is 9.97. The number of carbonyl (C=O) groups excluding carboxylic acids is 1. The molecule has 2 rings (SSSR count). The standard InChI is InChI=1S/C17H26FN3O4S.ClH/c1-25-13-10-19-8-9-20-17(22)14-6-11-21(12-7-14)26(23,24)16-5-3-2-4-15(16)18;/h2-5,14,19H,6-13H2,1H3,(H,20,22);1H. The van der Waals surface area contributed by atoms with Gasteiger partial charge in [-0.3, -0.25) is 4.79 Å². The molecule has 7 nitrogen and oxygen atoms in total. The highest BCUT2D eigenvalue weighted by molar-refractivity contribution is 7.89. The van der Waals surface area contributed by atoms with Crippen LogP contribution in [0.2, 0.25) is 0 Å². The average Bonchev–Trinajstić information content (AvgIpc) is 2.64. The molecule has 0 aromatic heterocycles. The largest absolute Gasteiger partial charge is 0.383 e. The fraction of sp³-hybridized carbons (Fsp3) is 0.588. The van der Waals surface area contributed by atoms with Gasteiger partial charge in [-0.25, -0.2) is 12.8 Å². The molecule has 1 aliphatic rings. The molecule has 0 spiro atoms. The zero-order valence-corrected chi connectivity index (χ0v) is 17.0. The van der Waals surface area contributed by atoms with Crippen LogP contribution in [-0.2, 0) is 19.6 Å². The lowest BCUT2D eigenvalue weighted by Gasteiger charge is -2.30. The van der Waals surface area contributed by atoms with Gasteiger partial charge in [-0.2, -0.15) is 4.31 Å². The van der Waals surface area contributed by atoms with Gasteiger partial charge in [-0.15, -0.1) is 12.4 Å². The van der Waals surface area contributed by atoms with Gasteiger partial charge in [0.05, 0.1) is 6.61 Å². The third kappa shape index (κ3) is 6.69. The number of nitrogens with zero attached hydrogens (tertiary/aromatic N) is 1. The van der Waals surface area contributed by atoms with Crippen LogP contribution in [0.15, 0.2) is 29.2 Å². The summed E-state index contributed by atoms with van der Waals surface area (Å²) in [5.74, 6) is -1.05. The maximum absolute atomic E-state index is 13.8. The van der Waals surface area contributed by atoms with Gasteiger partial charge in [-0.05, 0) is 25.0 Å². The third-order valence-corrected chi connectivity index (χ3v) is 6.30. The topological polar surface area (TPSA) is 87.7 Å². The molecule has 27 heavy (non-hydrogen) atoms. The molecule has 154 valence electrons. The minimum Gasteiger partial charge on any atom is -0.383 e. The fourth-order valence-corrected chi connectivity index (χ4v) is 4.40. The van der Waals surface area contributed by atoms with E-state index in [4.69, 9.17) is 4.74 Å². The van der Waals surface area contributed by atoms with Crippen LogP contribution in [-0.4, -0.2) is 65.1 Å². The molecule has 0 bridgehead atoms. The summed E-state index contributed by atoms with van der Waals surface area (Å²) >= 11 is 0. The van der Waals surface area contributed by atoms with Crippen molar-refractivity contribution >= 4 is 28.3 Å². The summed E-state index contributed by atoms with van der Waals surface area (Å²) in [6, 6.07) is 5.35. The SMILES string of the molecule is COCCNCCNC(=O)C1CCN(S(=O)(=O)c2ccccc2F)CC1.Cl. The number of nitrogens with one attached hydrogen (secondary N) is 2. The minimum absolute atomic E-state index is 0. The Morgan fingerprint density at radius 1 is 1.22 bits per heavy atom. The zero-order valence-electron chi connectivity index (χ0n) is 15.3. The van der Waals surface area contributed by atoms with Crippen LogP contribution in [0.1, 0.15) is 12.8 Å². The molecule has 10 heteroatoms. The average molecular weight is 424 g/mol. The summed E-state index contributed by atoms with van der Waals surface area (Å²) < 4.78 is 45.1. The number of carbonyl (C=O) groups is 1. The van der Waals surface area contributed by atoms with Gasteiger partial charge in [0, 0.05) is 45.8 Å². The first-order valence-electron chi connectivity index (χ1n) is 8.69. The van der Waals surface area contributed by atoms with E-state index in [1.165, 1.54) is 22.5 Å². The molecule has 0 radical (unpaired) electrons. The summed E-state index contributed by atoms with van der Waals surface area (Å²) in [5.41, 5.74) is 0. The summed E-state index contributed by atoms with van der Waals surface area (Å²) in [7, 11) is -2.24. The number of ether oxygens (including phenoxy) is 1. The molecule has 2 N–H and O–H groups in total. The van der Waals surface area contributed by atoms with Crippen LogP contribution in [0.4, 0.5) is 4.39 Å². The second-order valence-corrected chi connectivity index (χ2v) is 8.05. The Balaban J connectivity index is 0.00000364. The van der Waals surface area contributed by atoms with Crippen molar-refractivity contribution in [3.8, 4) is 0 Å². The number of sulfonamides is 1. The zero-order chi connectivity index (χ0) is 19.0. The molecule has 0 aliphatic carbocycles. The molecule has 0 saturated carbocycles. The van der Waals surface area contributed by atoms with E-state index in [1.807, 2.05) is 0 Å². The van der Waals surface area contributed by atoms with Crippen molar-refractivity contribution in [2.75, 3.05) is 46.4 Å². The number of benzene rings is 1. The van der Waals surface area contributed by atoms with Gasteiger partial charge in [0.2, 0.25) is 15.9 Å². The number of hydrogen-bond acceptors (Lipinski definition) is 5. The molecule has 1 aliphatic heterocycles. The second-order valence-electron chi connectivity index (χ2n) is 6.14. The Hall–Kier alpha value is -1.26. The van der Waals surface area contributed by atoms with E-state index in [9.17, 15) is 17.6 Å². The van der Waals surface area contributed by atoms with Crippen LogP contribution in [0.25, 0.3) is 0 Å². The smallest absolute Gasteiger partial charge is 0.245 e. The predicted molar refractivity (Wildman–Crippen MR) is 103 cm³/mol. The highest BCUT2D eigenvalue weighted by Crippen LogP contribution is 2.25. The van der Waals surface area contributed by atoms with Crippen molar-refractivity contribution in [1.82, 2.24) is 14.9 Å². The normalized spacial score (nSPS) is 15.9. The molecule has 1 heterocycles. The van der Waals surface area contributed by atoms with Crippen molar-refractivity contribution in [3.63, 3.8) is 0 Å². The predicted octanol–water partition coefficient (Wildman–Crippen LogP) is 1.00. The highest BCUT2D eigenvalue weighted by atomic mass is 35.5. The lowest BCUT2D eigenvalue weighted by Crippen LogP contribution is -2.44. The van der Waals surface area contributed by atoms with Crippen molar-refractivity contribution in [2.24, 2.45) is 5.92 Å². The van der Waals surface area contributed by atoms with E-state index in [1.54, 1.807) is 7.11 Å². The molecular formula is C17H27ClFN3O4S. The Kier molecular flexibility index (Phi) is 10.2. The molecule has 1 fully saturated rings. The number of hydrogen-bond donors (Lipinski definition) is 2. The molecule has 1 aromatic carbocycles. The first kappa shape index (κ1) is 23.8. The van der Waals surface area contributed by atoms with Gasteiger partial charge >= 0.3 is 0 Å². The van der Waals surface area contributed by atoms with Crippen LogP contribution in [0.3, 0.4) is 0 Å². The molecule has 1 saturated heterocycles. The van der Waals surface area contributed by atoms with E-state index in [-0.39, 0.29) is 42.2 Å². The van der Waals surface area contributed by atoms with E-state index in [2.05, 4.69) is 10.6 Å². The van der Waals surface area contributed by atoms with Crippen molar-refractivity contribution < 1.29 is 22.3 Å². The fourth-order valence-electron chi connectivity index (χ4n) is 2.87. The number of piperidine rings is 1. The quantitative estimate of drug-likeness (QED) is 0.578. The summed E-state index contributed by atoms with van der Waals surface area (Å²) in [6.45, 7) is 2.91. The number of rotatable bonds is 9. The first-order valence-corrected chi connectivity index (χ1v) is 10.1. The second kappa shape index (κ2) is 11.6. The lowest BCUT2D eigenvalue weighted by molar-refractivity contribution is -0.126. The minimum atomic E-state index is -3.87. The first-order chi connectivity index (χ1) is 12.5. The number of amides is 1. The maximum atomic E-state index is 13.8. The van der Waals surface area contributed by atoms with Gasteiger partial charge in [0.1, 0.15) is 10.7 Å². The monoisotopic (exact) mass is 423 g/mol. The maximum Gasteiger partial charge on any atom is 0.245 e. The number of methoxy groups -OCH3 is 1. The van der Waals surface area contributed by atoms with E-state index in [0.717, 1.165) is 12.6 Å². The van der Waals surface area contributed by atoms with Crippen molar-refractivity contribution in [1.29, 1.82) is 0 Å². The van der Waals surface area contributed by atoms with Gasteiger partial charge in [0.25, 0.3) is 0 Å². The van der Waals surface area contributed by atoms with Gasteiger partial charge in [0.15, 0.2) is 0 Å². The van der Waals surface area contributed by atoms with E-state index in [0.29, 0.717) is 32.5 Å². The summed E-state index contributed by atoms with van der Waals surface area (Å²) in [5, 5.41) is 5.99. The van der Waals surface area contributed by atoms with Crippen molar-refractivity contribution in [2.45, 2.75) is 17.7 Å². The van der Waals surface area contributed by atoms with E-state index >= 15 is 0 Å². The van der Waals surface area contributed by atoms with E-state index < -0.39 is 15.8 Å². The molecular weight excluding hydrogens is 397 g/mol. The van der Waals surface area contributed by atoms with Crippen LogP contribution in [0.5, 0.6) is 0 Å². The Labute approximate surface area is 166 Å². The van der Waals surface area contributed by atoms with Gasteiger partial charge in [-0.1, -0.05) is 12.1 Å². The van der Waals surface area contributed by atoms with Gasteiger partial charge < -0.3 is 15.4 Å². The Morgan fingerprint density at radius 3 is 2.52 bits per heavy atom. The molecule has 1 aromatic rings. The third-order valence-electron chi connectivity index (χ3n) is 4.36. The van der Waals surface area contributed by atoms with Crippen LogP contribution >= 0.6 is 12.4 Å². The highest BCUT2D eigenvalue weighted by Gasteiger charge is 2.33. The number of halogens is 2. The Bertz CT molecular complexity index is 697. The van der Waals surface area contributed by atoms with Crippen molar-refractivity contribution in [3.05, 3.63) is 30.1 Å². The summed E-state index contributed by atoms with van der Waals surface area (Å²) in [4.78, 5) is 11.9. The molecule has 1 amide bonds. The Morgan fingerprint density at radius 2 is 1.89 bits per heavy atom.